The number of rotatable bonds is 5. The highest BCUT2D eigenvalue weighted by Crippen LogP contribution is 2.32. The predicted octanol–water partition coefficient (Wildman–Crippen LogP) is 4.58. The molecule has 8 nitrogen and oxygen atoms in total. The van der Waals surface area contributed by atoms with E-state index < -0.39 is 0 Å². The van der Waals surface area contributed by atoms with Gasteiger partial charge in [0.15, 0.2) is 11.3 Å². The Morgan fingerprint density at radius 3 is 2.18 bits per heavy atom. The summed E-state index contributed by atoms with van der Waals surface area (Å²) >= 11 is 0. The summed E-state index contributed by atoms with van der Waals surface area (Å²) in [6.07, 6.45) is 0.814. The first-order valence-electron chi connectivity index (χ1n) is 10.9. The van der Waals surface area contributed by atoms with Gasteiger partial charge < -0.3 is 9.47 Å². The molecule has 8 heteroatoms. The molecule has 3 aromatic heterocycles. The van der Waals surface area contributed by atoms with Crippen molar-refractivity contribution in [3.8, 4) is 17.2 Å². The fraction of sp³-hybridized carbons (Fsp3) is 0.280. The maximum absolute atomic E-state index is 13.8. The number of fused-ring (bicyclic) bond motifs is 4. The average Bonchev–Trinajstić information content (AvgIpc) is 3.14. The molecule has 0 aliphatic rings. The molecule has 5 rings (SSSR count). The van der Waals surface area contributed by atoms with Gasteiger partial charge in [-0.05, 0) is 32.4 Å². The first-order valence-corrected chi connectivity index (χ1v) is 10.9. The molecule has 168 valence electrons. The Bertz CT molecular complexity index is 1560. The van der Waals surface area contributed by atoms with Gasteiger partial charge in [0, 0.05) is 24.2 Å². The summed E-state index contributed by atoms with van der Waals surface area (Å²) in [5, 5.41) is 0.455. The quantitative estimate of drug-likeness (QED) is 0.395. The number of nitrogens with zero attached hydrogens (tertiary/aromatic N) is 5. The van der Waals surface area contributed by atoms with Gasteiger partial charge in [-0.25, -0.2) is 15.0 Å². The van der Waals surface area contributed by atoms with E-state index in [9.17, 15) is 4.79 Å². The number of aryl methyl sites for hydroxylation is 1. The molecule has 0 N–H and O–H groups in total. The molecule has 3 heterocycles. The van der Waals surface area contributed by atoms with E-state index in [1.54, 1.807) is 24.9 Å². The summed E-state index contributed by atoms with van der Waals surface area (Å²) < 4.78 is 14.6. The van der Waals surface area contributed by atoms with Gasteiger partial charge in [-0.3, -0.25) is 13.9 Å². The van der Waals surface area contributed by atoms with Crippen molar-refractivity contribution in [1.29, 1.82) is 0 Å². The minimum Gasteiger partial charge on any atom is -0.497 e. The number of hydrogen-bond donors (Lipinski definition) is 0. The fourth-order valence-corrected chi connectivity index (χ4v) is 4.28. The first kappa shape index (κ1) is 20.9. The van der Waals surface area contributed by atoms with E-state index in [0.29, 0.717) is 39.5 Å². The normalized spacial score (nSPS) is 12.5. The lowest BCUT2D eigenvalue weighted by molar-refractivity contribution is 0.394. The Labute approximate surface area is 190 Å². The molecule has 0 bridgehead atoms. The Kier molecular flexibility index (Phi) is 5.00. The van der Waals surface area contributed by atoms with Crippen LogP contribution in [-0.4, -0.2) is 38.3 Å². The molecule has 0 saturated carbocycles. The zero-order chi connectivity index (χ0) is 23.3. The molecule has 0 fully saturated rings. The van der Waals surface area contributed by atoms with Crippen LogP contribution in [0.4, 0.5) is 0 Å². The van der Waals surface area contributed by atoms with Crippen molar-refractivity contribution in [3.05, 3.63) is 58.6 Å². The summed E-state index contributed by atoms with van der Waals surface area (Å²) in [5.41, 5.74) is 3.67. The highest BCUT2D eigenvalue weighted by Gasteiger charge is 2.24. The van der Waals surface area contributed by atoms with Gasteiger partial charge in [-0.2, -0.15) is 0 Å². The standard InChI is InChI=1S/C25H25N5O3/c1-6-14(2)29-15(3)26-23-21(25(29)31)22-24(28-20-10-8-7-9-19(20)27-22)30(23)16-11-17(32-4)13-18(12-16)33-5/h7-14H,6H2,1-5H3/t14-/m1/s1. The number of aromatic nitrogens is 5. The van der Waals surface area contributed by atoms with Crippen LogP contribution in [0.15, 0.2) is 47.3 Å². The third kappa shape index (κ3) is 3.21. The highest BCUT2D eigenvalue weighted by atomic mass is 16.5. The molecule has 33 heavy (non-hydrogen) atoms. The van der Waals surface area contributed by atoms with Crippen molar-refractivity contribution in [2.45, 2.75) is 33.2 Å². The van der Waals surface area contributed by atoms with Crippen molar-refractivity contribution in [3.63, 3.8) is 0 Å². The van der Waals surface area contributed by atoms with Crippen LogP contribution in [0.5, 0.6) is 11.5 Å². The SMILES string of the molecule is CC[C@@H](C)n1c(C)nc2c(c1=O)c1nc3ccccc3nc1n2-c1cc(OC)cc(OC)c1. The van der Waals surface area contributed by atoms with E-state index in [-0.39, 0.29) is 11.6 Å². The molecule has 0 aliphatic heterocycles. The van der Waals surface area contributed by atoms with Crippen molar-refractivity contribution in [1.82, 2.24) is 24.1 Å². The zero-order valence-electron chi connectivity index (χ0n) is 19.3. The Balaban J connectivity index is 2.00. The molecule has 0 saturated heterocycles. The first-order chi connectivity index (χ1) is 16.0. The second-order valence-corrected chi connectivity index (χ2v) is 8.08. The van der Waals surface area contributed by atoms with E-state index in [2.05, 4.69) is 6.92 Å². The summed E-state index contributed by atoms with van der Waals surface area (Å²) in [4.78, 5) is 28.4. The summed E-state index contributed by atoms with van der Waals surface area (Å²) in [7, 11) is 3.20. The molecule has 0 unspecified atom stereocenters. The van der Waals surface area contributed by atoms with Crippen molar-refractivity contribution in [2.75, 3.05) is 14.2 Å². The lowest BCUT2D eigenvalue weighted by atomic mass is 10.2. The maximum atomic E-state index is 13.8. The average molecular weight is 444 g/mol. The van der Waals surface area contributed by atoms with E-state index >= 15 is 0 Å². The van der Waals surface area contributed by atoms with Crippen LogP contribution in [0, 0.1) is 6.92 Å². The van der Waals surface area contributed by atoms with Crippen LogP contribution < -0.4 is 15.0 Å². The molecule has 0 amide bonds. The Morgan fingerprint density at radius 1 is 0.939 bits per heavy atom. The lowest BCUT2D eigenvalue weighted by Gasteiger charge is -2.16. The number of para-hydroxylation sites is 2. The van der Waals surface area contributed by atoms with Crippen LogP contribution in [0.25, 0.3) is 38.9 Å². The number of ether oxygens (including phenoxy) is 2. The van der Waals surface area contributed by atoms with Gasteiger partial charge in [0.05, 0.1) is 30.9 Å². The van der Waals surface area contributed by atoms with Crippen LogP contribution in [-0.2, 0) is 0 Å². The van der Waals surface area contributed by atoms with Crippen LogP contribution >= 0.6 is 0 Å². The van der Waals surface area contributed by atoms with Crippen molar-refractivity contribution in [2.24, 2.45) is 0 Å². The second kappa shape index (κ2) is 7.88. The molecule has 5 aromatic rings. The van der Waals surface area contributed by atoms with Gasteiger partial charge in [-0.15, -0.1) is 0 Å². The van der Waals surface area contributed by atoms with Crippen molar-refractivity contribution < 1.29 is 9.47 Å². The minimum absolute atomic E-state index is 0.0122. The maximum Gasteiger partial charge on any atom is 0.265 e. The van der Waals surface area contributed by atoms with Crippen LogP contribution in [0.3, 0.4) is 0 Å². The smallest absolute Gasteiger partial charge is 0.265 e. The van der Waals surface area contributed by atoms with Gasteiger partial charge in [0.1, 0.15) is 28.2 Å². The summed E-state index contributed by atoms with van der Waals surface area (Å²) in [6, 6.07) is 13.2. The topological polar surface area (TPSA) is 84.1 Å². The largest absolute Gasteiger partial charge is 0.497 e. The molecule has 0 aliphatic carbocycles. The second-order valence-electron chi connectivity index (χ2n) is 8.08. The highest BCUT2D eigenvalue weighted by molar-refractivity contribution is 6.05. The van der Waals surface area contributed by atoms with Crippen molar-refractivity contribution >= 4 is 33.2 Å². The van der Waals surface area contributed by atoms with E-state index in [1.807, 2.05) is 54.8 Å². The summed E-state index contributed by atoms with van der Waals surface area (Å²) in [5.74, 6) is 1.89. The van der Waals surface area contributed by atoms with Gasteiger partial charge in [0.2, 0.25) is 0 Å². The third-order valence-electron chi connectivity index (χ3n) is 6.11. The van der Waals surface area contributed by atoms with E-state index in [4.69, 9.17) is 24.4 Å². The fourth-order valence-electron chi connectivity index (χ4n) is 4.28. The molecular formula is C25H25N5O3. The molecular weight excluding hydrogens is 418 g/mol. The van der Waals surface area contributed by atoms with Gasteiger partial charge in [0.25, 0.3) is 5.56 Å². The van der Waals surface area contributed by atoms with Crippen LogP contribution in [0.2, 0.25) is 0 Å². The van der Waals surface area contributed by atoms with Crippen LogP contribution in [0.1, 0.15) is 32.1 Å². The zero-order valence-corrected chi connectivity index (χ0v) is 19.3. The number of benzene rings is 2. The molecule has 2 aromatic carbocycles. The number of hydrogen-bond acceptors (Lipinski definition) is 6. The predicted molar refractivity (Wildman–Crippen MR) is 129 cm³/mol. The number of methoxy groups -OCH3 is 2. The minimum atomic E-state index is -0.116. The molecule has 0 radical (unpaired) electrons. The van der Waals surface area contributed by atoms with Gasteiger partial charge in [-0.1, -0.05) is 19.1 Å². The Morgan fingerprint density at radius 2 is 1.58 bits per heavy atom. The van der Waals surface area contributed by atoms with E-state index in [0.717, 1.165) is 23.1 Å². The lowest BCUT2D eigenvalue weighted by Crippen LogP contribution is -2.26. The monoisotopic (exact) mass is 443 g/mol. The summed E-state index contributed by atoms with van der Waals surface area (Å²) in [6.45, 7) is 5.94. The van der Waals surface area contributed by atoms with Gasteiger partial charge >= 0.3 is 0 Å². The molecule has 1 atom stereocenters. The van der Waals surface area contributed by atoms with E-state index in [1.165, 1.54) is 0 Å². The Hall–Kier alpha value is -3.94. The third-order valence-corrected chi connectivity index (χ3v) is 6.11. The molecule has 0 spiro atoms.